The first kappa shape index (κ1) is 14.6. The lowest BCUT2D eigenvalue weighted by atomic mass is 10.3. The molecule has 0 bridgehead atoms. The lowest BCUT2D eigenvalue weighted by molar-refractivity contribution is 0.335. The third-order valence-corrected chi connectivity index (χ3v) is 3.86. The zero-order valence-corrected chi connectivity index (χ0v) is 13.0. The van der Waals surface area contributed by atoms with Gasteiger partial charge in [0.1, 0.15) is 11.3 Å². The number of benzene rings is 1. The zero-order chi connectivity index (χ0) is 14.0. The van der Waals surface area contributed by atoms with Gasteiger partial charge >= 0.3 is 0 Å². The summed E-state index contributed by atoms with van der Waals surface area (Å²) >= 11 is 12.4. The third-order valence-electron chi connectivity index (χ3n) is 3.36. The molecule has 1 atom stereocenters. The first-order valence-electron chi connectivity index (χ1n) is 6.51. The van der Waals surface area contributed by atoms with Gasteiger partial charge in [-0.15, -0.1) is 11.6 Å². The van der Waals surface area contributed by atoms with Crippen molar-refractivity contribution in [1.82, 2.24) is 14.5 Å². The maximum atomic E-state index is 6.24. The van der Waals surface area contributed by atoms with E-state index in [1.54, 1.807) is 0 Å². The molecular weight excluding hydrogens is 281 g/mol. The Bertz CT molecular complexity index is 563. The lowest BCUT2D eigenvalue weighted by Gasteiger charge is -2.16. The normalized spacial score (nSPS) is 13.4. The number of para-hydroxylation sites is 1. The summed E-state index contributed by atoms with van der Waals surface area (Å²) in [4.78, 5) is 6.86. The van der Waals surface area contributed by atoms with Gasteiger partial charge in [0.05, 0.1) is 15.9 Å². The Kier molecular flexibility index (Phi) is 4.71. The van der Waals surface area contributed by atoms with Gasteiger partial charge in [-0.3, -0.25) is 0 Å². The smallest absolute Gasteiger partial charge is 0.127 e. The minimum atomic E-state index is -0.129. The van der Waals surface area contributed by atoms with Crippen molar-refractivity contribution in [2.45, 2.75) is 25.8 Å². The van der Waals surface area contributed by atoms with Crippen LogP contribution in [-0.2, 0) is 6.54 Å². The summed E-state index contributed by atoms with van der Waals surface area (Å²) < 4.78 is 2.17. The van der Waals surface area contributed by atoms with Crippen LogP contribution in [0.4, 0.5) is 0 Å². The van der Waals surface area contributed by atoms with Crippen LogP contribution in [0.2, 0.25) is 5.02 Å². The first-order chi connectivity index (χ1) is 9.04. The predicted molar refractivity (Wildman–Crippen MR) is 82.2 cm³/mol. The van der Waals surface area contributed by atoms with Gasteiger partial charge in [-0.25, -0.2) is 4.98 Å². The van der Waals surface area contributed by atoms with Gasteiger partial charge in [0.2, 0.25) is 0 Å². The van der Waals surface area contributed by atoms with E-state index < -0.39 is 0 Å². The van der Waals surface area contributed by atoms with E-state index in [0.29, 0.717) is 5.02 Å². The summed E-state index contributed by atoms with van der Waals surface area (Å²) in [7, 11) is 2.11. The molecule has 1 aromatic carbocycles. The molecule has 1 heterocycles. The largest absolute Gasteiger partial charge is 0.325 e. The summed E-state index contributed by atoms with van der Waals surface area (Å²) in [6, 6.07) is 5.86. The van der Waals surface area contributed by atoms with Crippen molar-refractivity contribution in [3.05, 3.63) is 29.0 Å². The van der Waals surface area contributed by atoms with Gasteiger partial charge in [-0.2, -0.15) is 0 Å². The molecule has 0 saturated heterocycles. The molecule has 5 heteroatoms. The number of rotatable bonds is 5. The predicted octanol–water partition coefficient (Wildman–Crippen LogP) is 3.94. The zero-order valence-electron chi connectivity index (χ0n) is 11.5. The molecule has 0 aliphatic carbocycles. The Morgan fingerprint density at radius 1 is 1.42 bits per heavy atom. The molecule has 2 aromatic rings. The van der Waals surface area contributed by atoms with Crippen LogP contribution in [0.1, 0.15) is 25.0 Å². The second-order valence-corrected chi connectivity index (χ2v) is 5.80. The van der Waals surface area contributed by atoms with E-state index in [9.17, 15) is 0 Å². The number of hydrogen-bond acceptors (Lipinski definition) is 2. The van der Waals surface area contributed by atoms with Crippen molar-refractivity contribution in [2.24, 2.45) is 0 Å². The van der Waals surface area contributed by atoms with E-state index in [4.69, 9.17) is 23.2 Å². The highest BCUT2D eigenvalue weighted by Crippen LogP contribution is 2.28. The van der Waals surface area contributed by atoms with Crippen LogP contribution >= 0.6 is 23.2 Å². The van der Waals surface area contributed by atoms with Gasteiger partial charge in [0, 0.05) is 13.1 Å². The van der Waals surface area contributed by atoms with E-state index >= 15 is 0 Å². The molecule has 0 aliphatic heterocycles. The highest BCUT2D eigenvalue weighted by Gasteiger charge is 2.16. The molecule has 2 rings (SSSR count). The fourth-order valence-corrected chi connectivity index (χ4v) is 2.48. The number of nitrogens with zero attached hydrogens (tertiary/aromatic N) is 3. The van der Waals surface area contributed by atoms with Crippen molar-refractivity contribution in [1.29, 1.82) is 0 Å². The fourth-order valence-electron chi connectivity index (χ4n) is 2.10. The molecule has 0 fully saturated rings. The number of fused-ring (bicyclic) bond motifs is 1. The molecule has 0 amide bonds. The third kappa shape index (κ3) is 3.04. The standard InChI is InChI=1S/C14H19Cl2N3/c1-4-18(3)8-9-19-12-7-5-6-11(16)13(12)17-14(19)10(2)15/h5-7,10H,4,8-9H2,1-3H3. The van der Waals surface area contributed by atoms with Crippen LogP contribution in [0.3, 0.4) is 0 Å². The highest BCUT2D eigenvalue weighted by atomic mass is 35.5. The summed E-state index contributed by atoms with van der Waals surface area (Å²) in [6.07, 6.45) is 0. The summed E-state index contributed by atoms with van der Waals surface area (Å²) in [5, 5.41) is 0.550. The van der Waals surface area contributed by atoms with Crippen molar-refractivity contribution in [3.8, 4) is 0 Å². The number of imidazole rings is 1. The minimum absolute atomic E-state index is 0.129. The second-order valence-electron chi connectivity index (χ2n) is 4.74. The molecule has 0 aliphatic rings. The Balaban J connectivity index is 2.44. The number of hydrogen-bond donors (Lipinski definition) is 0. The van der Waals surface area contributed by atoms with E-state index in [1.807, 2.05) is 25.1 Å². The van der Waals surface area contributed by atoms with Crippen LogP contribution in [0.25, 0.3) is 11.0 Å². The fraction of sp³-hybridized carbons (Fsp3) is 0.500. The molecule has 1 aromatic heterocycles. The number of halogens is 2. The Morgan fingerprint density at radius 3 is 2.79 bits per heavy atom. The average molecular weight is 300 g/mol. The SMILES string of the molecule is CCN(C)CCn1c(C(C)Cl)nc2c(Cl)cccc21. The van der Waals surface area contributed by atoms with E-state index in [0.717, 1.165) is 36.5 Å². The quantitative estimate of drug-likeness (QED) is 0.780. The van der Waals surface area contributed by atoms with E-state index in [1.165, 1.54) is 0 Å². The van der Waals surface area contributed by atoms with Crippen molar-refractivity contribution < 1.29 is 0 Å². The van der Waals surface area contributed by atoms with E-state index in [2.05, 4.69) is 28.4 Å². The molecule has 3 nitrogen and oxygen atoms in total. The number of likely N-dealkylation sites (N-methyl/N-ethyl adjacent to an activating group) is 1. The van der Waals surface area contributed by atoms with Gasteiger partial charge in [0.25, 0.3) is 0 Å². The van der Waals surface area contributed by atoms with Crippen LogP contribution in [-0.4, -0.2) is 34.6 Å². The second kappa shape index (κ2) is 6.12. The maximum absolute atomic E-state index is 6.24. The Morgan fingerprint density at radius 2 is 2.16 bits per heavy atom. The van der Waals surface area contributed by atoms with Gasteiger partial charge < -0.3 is 9.47 Å². The summed E-state index contributed by atoms with van der Waals surface area (Å²) in [5.74, 6) is 0.884. The Hall–Kier alpha value is -0.770. The molecular formula is C14H19Cl2N3. The molecule has 0 radical (unpaired) electrons. The number of aromatic nitrogens is 2. The van der Waals surface area contributed by atoms with Gasteiger partial charge in [-0.05, 0) is 32.6 Å². The van der Waals surface area contributed by atoms with Crippen molar-refractivity contribution in [3.63, 3.8) is 0 Å². The monoisotopic (exact) mass is 299 g/mol. The number of alkyl halides is 1. The average Bonchev–Trinajstić information content (AvgIpc) is 2.76. The molecule has 104 valence electrons. The molecule has 0 saturated carbocycles. The first-order valence-corrected chi connectivity index (χ1v) is 7.33. The Labute approximate surface area is 124 Å². The van der Waals surface area contributed by atoms with Crippen molar-refractivity contribution >= 4 is 34.2 Å². The van der Waals surface area contributed by atoms with Gasteiger partial charge in [0.15, 0.2) is 0 Å². The van der Waals surface area contributed by atoms with Crippen LogP contribution in [0, 0.1) is 0 Å². The maximum Gasteiger partial charge on any atom is 0.127 e. The van der Waals surface area contributed by atoms with Crippen LogP contribution < -0.4 is 0 Å². The van der Waals surface area contributed by atoms with Gasteiger partial charge in [-0.1, -0.05) is 24.6 Å². The lowest BCUT2D eigenvalue weighted by Crippen LogP contribution is -2.23. The summed E-state index contributed by atoms with van der Waals surface area (Å²) in [5.41, 5.74) is 1.89. The van der Waals surface area contributed by atoms with Crippen LogP contribution in [0.15, 0.2) is 18.2 Å². The minimum Gasteiger partial charge on any atom is -0.325 e. The highest BCUT2D eigenvalue weighted by molar-refractivity contribution is 6.35. The molecule has 19 heavy (non-hydrogen) atoms. The topological polar surface area (TPSA) is 21.1 Å². The molecule has 0 N–H and O–H groups in total. The molecule has 1 unspecified atom stereocenters. The van der Waals surface area contributed by atoms with E-state index in [-0.39, 0.29) is 5.38 Å². The van der Waals surface area contributed by atoms with Crippen molar-refractivity contribution in [2.75, 3.05) is 20.1 Å². The van der Waals surface area contributed by atoms with Crippen LogP contribution in [0.5, 0.6) is 0 Å². The summed E-state index contributed by atoms with van der Waals surface area (Å²) in [6.45, 7) is 6.95. The molecule has 0 spiro atoms.